The first-order valence-electron chi connectivity index (χ1n) is 11.1. The van der Waals surface area contributed by atoms with Crippen molar-refractivity contribution in [1.82, 2.24) is 10.6 Å². The molecule has 2 aliphatic heterocycles. The number of piperidine rings is 1. The number of aliphatic hydroxyl groups excluding tert-OH is 2. The Morgan fingerprint density at radius 1 is 1.14 bits per heavy atom. The molecule has 8 nitrogen and oxygen atoms in total. The number of carbonyl (C=O) groups excluding carboxylic acids is 1. The summed E-state index contributed by atoms with van der Waals surface area (Å²) in [6.45, 7) is -0.616. The zero-order valence-corrected chi connectivity index (χ0v) is 18.7. The van der Waals surface area contributed by atoms with E-state index < -0.39 is 61.4 Å². The number of benzene rings is 2. The van der Waals surface area contributed by atoms with Gasteiger partial charge in [0, 0.05) is 41.1 Å². The maximum absolute atomic E-state index is 15.1. The standard InChI is InChI=1S/C23H23F5N2O6/c24-16-3-1-13(36-23(26,27)28)7-11(16)9-29-22(33)35-10-12-8-17(25)19(14-5-6-34-20(12)14)15-2-4-18(31)30-21(15)32/h1,3,7-8,15,18,21,30-32H,2,4-6,9-10H2,(H,29,33). The van der Waals surface area contributed by atoms with Gasteiger partial charge in [0.15, 0.2) is 0 Å². The molecule has 1 amide bonds. The number of ether oxygens (including phenoxy) is 3. The van der Waals surface area contributed by atoms with Crippen molar-refractivity contribution in [1.29, 1.82) is 0 Å². The molecule has 36 heavy (non-hydrogen) atoms. The van der Waals surface area contributed by atoms with Gasteiger partial charge in [-0.25, -0.2) is 13.6 Å². The number of hydrogen-bond donors (Lipinski definition) is 4. The van der Waals surface area contributed by atoms with E-state index in [2.05, 4.69) is 15.4 Å². The van der Waals surface area contributed by atoms with Crippen LogP contribution in [0.5, 0.6) is 11.5 Å². The van der Waals surface area contributed by atoms with E-state index in [1.165, 1.54) is 0 Å². The van der Waals surface area contributed by atoms with Gasteiger partial charge in [-0.3, -0.25) is 5.32 Å². The zero-order valence-electron chi connectivity index (χ0n) is 18.7. The molecule has 0 aromatic heterocycles. The van der Waals surface area contributed by atoms with Crippen LogP contribution in [0.3, 0.4) is 0 Å². The van der Waals surface area contributed by atoms with Crippen molar-refractivity contribution >= 4 is 6.09 Å². The molecule has 13 heteroatoms. The Labute approximate surface area is 202 Å². The second-order valence-electron chi connectivity index (χ2n) is 8.38. The van der Waals surface area contributed by atoms with Gasteiger partial charge in [0.05, 0.1) is 6.61 Å². The fourth-order valence-corrected chi connectivity index (χ4v) is 4.39. The van der Waals surface area contributed by atoms with Gasteiger partial charge in [0.25, 0.3) is 0 Å². The molecule has 2 aromatic carbocycles. The highest BCUT2D eigenvalue weighted by Crippen LogP contribution is 2.41. The first kappa shape index (κ1) is 25.9. The fourth-order valence-electron chi connectivity index (χ4n) is 4.39. The molecule has 196 valence electrons. The smallest absolute Gasteiger partial charge is 0.493 e. The van der Waals surface area contributed by atoms with Crippen LogP contribution in [0.15, 0.2) is 24.3 Å². The number of alkyl halides is 3. The Kier molecular flexibility index (Phi) is 7.52. The molecule has 1 saturated heterocycles. The quantitative estimate of drug-likeness (QED) is 0.435. The van der Waals surface area contributed by atoms with Crippen LogP contribution in [0, 0.1) is 11.6 Å². The summed E-state index contributed by atoms with van der Waals surface area (Å²) in [4.78, 5) is 12.1. The van der Waals surface area contributed by atoms with Crippen LogP contribution in [-0.2, 0) is 24.3 Å². The van der Waals surface area contributed by atoms with Crippen LogP contribution in [0.1, 0.15) is 41.0 Å². The largest absolute Gasteiger partial charge is 0.573 e. The number of fused-ring (bicyclic) bond motifs is 1. The van der Waals surface area contributed by atoms with E-state index in [0.29, 0.717) is 30.6 Å². The van der Waals surface area contributed by atoms with Crippen LogP contribution in [-0.4, -0.2) is 41.7 Å². The summed E-state index contributed by atoms with van der Waals surface area (Å²) < 4.78 is 80.6. The molecule has 0 radical (unpaired) electrons. The minimum Gasteiger partial charge on any atom is -0.493 e. The Bertz CT molecular complexity index is 1130. The molecular formula is C23H23F5N2O6. The molecule has 2 aromatic rings. The molecule has 3 unspecified atom stereocenters. The van der Waals surface area contributed by atoms with Gasteiger partial charge >= 0.3 is 12.5 Å². The number of hydrogen-bond acceptors (Lipinski definition) is 7. The lowest BCUT2D eigenvalue weighted by Crippen LogP contribution is -2.46. The van der Waals surface area contributed by atoms with Gasteiger partial charge in [-0.2, -0.15) is 0 Å². The highest BCUT2D eigenvalue weighted by molar-refractivity contribution is 5.67. The SMILES string of the molecule is O=C(NCc1cc(OC(F)(F)F)ccc1F)OCc1cc(F)c(C2CCC(O)NC2O)c2c1OCC2. The zero-order chi connectivity index (χ0) is 26.0. The van der Waals surface area contributed by atoms with Crippen LogP contribution < -0.4 is 20.1 Å². The summed E-state index contributed by atoms with van der Waals surface area (Å²) in [5.74, 6) is -2.40. The van der Waals surface area contributed by atoms with E-state index in [0.717, 1.165) is 24.3 Å². The molecule has 2 heterocycles. The third-order valence-electron chi connectivity index (χ3n) is 5.95. The van der Waals surface area contributed by atoms with Gasteiger partial charge in [-0.1, -0.05) is 0 Å². The number of rotatable bonds is 6. The molecule has 0 aliphatic carbocycles. The van der Waals surface area contributed by atoms with Gasteiger partial charge in [0.1, 0.15) is 42.2 Å². The predicted molar refractivity (Wildman–Crippen MR) is 113 cm³/mol. The summed E-state index contributed by atoms with van der Waals surface area (Å²) in [5.41, 5.74) is 0.792. The summed E-state index contributed by atoms with van der Waals surface area (Å²) in [5, 5.41) is 24.7. The monoisotopic (exact) mass is 518 g/mol. The molecule has 3 atom stereocenters. The average molecular weight is 518 g/mol. The lowest BCUT2D eigenvalue weighted by atomic mass is 9.84. The normalized spacial score (nSPS) is 21.5. The number of alkyl carbamates (subject to hydrolysis) is 1. The predicted octanol–water partition coefficient (Wildman–Crippen LogP) is 3.33. The van der Waals surface area contributed by atoms with Crippen molar-refractivity contribution in [3.05, 3.63) is 58.2 Å². The van der Waals surface area contributed by atoms with E-state index >= 15 is 4.39 Å². The molecule has 0 bridgehead atoms. The van der Waals surface area contributed by atoms with Gasteiger partial charge in [-0.15, -0.1) is 13.2 Å². The Hall–Kier alpha value is -3.16. The number of nitrogens with one attached hydrogen (secondary N) is 2. The lowest BCUT2D eigenvalue weighted by molar-refractivity contribution is -0.274. The Morgan fingerprint density at radius 2 is 1.92 bits per heavy atom. The second kappa shape index (κ2) is 10.4. The summed E-state index contributed by atoms with van der Waals surface area (Å²) in [6.07, 6.45) is -6.96. The lowest BCUT2D eigenvalue weighted by Gasteiger charge is -2.33. The summed E-state index contributed by atoms with van der Waals surface area (Å²) in [6, 6.07) is 3.51. The number of carbonyl (C=O) groups is 1. The first-order valence-corrected chi connectivity index (χ1v) is 11.1. The van der Waals surface area contributed by atoms with E-state index in [1.54, 1.807) is 0 Å². The molecule has 1 fully saturated rings. The van der Waals surface area contributed by atoms with Crippen LogP contribution in [0.25, 0.3) is 0 Å². The van der Waals surface area contributed by atoms with Gasteiger partial charge < -0.3 is 29.7 Å². The van der Waals surface area contributed by atoms with Crippen molar-refractivity contribution in [3.8, 4) is 11.5 Å². The molecule has 4 rings (SSSR count). The average Bonchev–Trinajstić information content (AvgIpc) is 3.27. The van der Waals surface area contributed by atoms with E-state index in [9.17, 15) is 32.6 Å². The number of amides is 1. The van der Waals surface area contributed by atoms with E-state index in [-0.39, 0.29) is 23.3 Å². The van der Waals surface area contributed by atoms with Crippen LogP contribution in [0.2, 0.25) is 0 Å². The summed E-state index contributed by atoms with van der Waals surface area (Å²) >= 11 is 0. The fraction of sp³-hybridized carbons (Fsp3) is 0.435. The topological polar surface area (TPSA) is 109 Å². The highest BCUT2D eigenvalue weighted by atomic mass is 19.4. The minimum absolute atomic E-state index is 0.240. The van der Waals surface area contributed by atoms with Crippen molar-refractivity contribution in [2.24, 2.45) is 0 Å². The van der Waals surface area contributed by atoms with E-state index in [1.807, 2.05) is 0 Å². The molecular weight excluding hydrogens is 495 g/mol. The van der Waals surface area contributed by atoms with Gasteiger partial charge in [0.2, 0.25) is 0 Å². The molecule has 2 aliphatic rings. The van der Waals surface area contributed by atoms with Crippen LogP contribution >= 0.6 is 0 Å². The van der Waals surface area contributed by atoms with Crippen molar-refractivity contribution < 1.29 is 51.2 Å². The maximum Gasteiger partial charge on any atom is 0.573 e. The van der Waals surface area contributed by atoms with Crippen molar-refractivity contribution in [3.63, 3.8) is 0 Å². The second-order valence-corrected chi connectivity index (χ2v) is 8.38. The third kappa shape index (κ3) is 5.97. The van der Waals surface area contributed by atoms with Crippen LogP contribution in [0.4, 0.5) is 26.7 Å². The number of aliphatic hydroxyl groups is 2. The van der Waals surface area contributed by atoms with E-state index in [4.69, 9.17) is 9.47 Å². The summed E-state index contributed by atoms with van der Waals surface area (Å²) in [7, 11) is 0. The number of halogens is 5. The van der Waals surface area contributed by atoms with Gasteiger partial charge in [-0.05, 0) is 37.1 Å². The Balaban J connectivity index is 1.41. The Morgan fingerprint density at radius 3 is 2.64 bits per heavy atom. The molecule has 4 N–H and O–H groups in total. The first-order chi connectivity index (χ1) is 17.0. The molecule has 0 spiro atoms. The molecule has 0 saturated carbocycles. The maximum atomic E-state index is 15.1. The van der Waals surface area contributed by atoms with Crippen molar-refractivity contribution in [2.45, 2.75) is 57.2 Å². The van der Waals surface area contributed by atoms with Crippen molar-refractivity contribution in [2.75, 3.05) is 6.61 Å². The minimum atomic E-state index is -4.96. The third-order valence-corrected chi connectivity index (χ3v) is 5.95. The highest BCUT2D eigenvalue weighted by Gasteiger charge is 2.35.